The number of methoxy groups -OCH3 is 1. The first-order chi connectivity index (χ1) is 9.50. The molecule has 2 nitrogen and oxygen atoms in total. The van der Waals surface area contributed by atoms with Gasteiger partial charge in [-0.25, -0.2) is 0 Å². The fourth-order valence-corrected chi connectivity index (χ4v) is 2.96. The first-order valence-electron chi connectivity index (χ1n) is 7.56. The first kappa shape index (κ1) is 15.8. The van der Waals surface area contributed by atoms with Gasteiger partial charge >= 0.3 is 0 Å². The molecule has 1 fully saturated rings. The molecule has 112 valence electrons. The molecule has 1 aromatic rings. The Balaban J connectivity index is 1.78. The number of hydrogen-bond acceptors (Lipinski definition) is 2. The molecule has 0 radical (unpaired) electrons. The predicted octanol–water partition coefficient (Wildman–Crippen LogP) is 4.56. The summed E-state index contributed by atoms with van der Waals surface area (Å²) in [5.74, 6) is 0.904. The quantitative estimate of drug-likeness (QED) is 0.749. The summed E-state index contributed by atoms with van der Waals surface area (Å²) in [5, 5.41) is 3.61. The van der Waals surface area contributed by atoms with Gasteiger partial charge in [0, 0.05) is 6.04 Å². The van der Waals surface area contributed by atoms with Crippen LogP contribution >= 0.6 is 15.9 Å². The topological polar surface area (TPSA) is 21.3 Å². The van der Waals surface area contributed by atoms with Crippen molar-refractivity contribution in [3.8, 4) is 5.75 Å². The highest BCUT2D eigenvalue weighted by molar-refractivity contribution is 9.10. The molecule has 0 heterocycles. The molecule has 1 aromatic carbocycles. The Labute approximate surface area is 131 Å². The number of benzene rings is 1. The highest BCUT2D eigenvalue weighted by Gasteiger charge is 2.22. The molecule has 0 bridgehead atoms. The summed E-state index contributed by atoms with van der Waals surface area (Å²) in [4.78, 5) is 0. The van der Waals surface area contributed by atoms with Gasteiger partial charge in [-0.15, -0.1) is 0 Å². The molecule has 0 spiro atoms. The van der Waals surface area contributed by atoms with Gasteiger partial charge in [0.1, 0.15) is 5.75 Å². The lowest BCUT2D eigenvalue weighted by Gasteiger charge is -2.25. The molecule has 0 aromatic heterocycles. The third kappa shape index (κ3) is 5.10. The maximum absolute atomic E-state index is 5.27. The average molecular weight is 340 g/mol. The van der Waals surface area contributed by atoms with Crippen molar-refractivity contribution in [2.45, 2.75) is 52.0 Å². The van der Waals surface area contributed by atoms with E-state index in [0.717, 1.165) is 29.2 Å². The van der Waals surface area contributed by atoms with Crippen LogP contribution in [-0.2, 0) is 6.42 Å². The summed E-state index contributed by atoms with van der Waals surface area (Å²) in [6.45, 7) is 5.91. The van der Waals surface area contributed by atoms with Gasteiger partial charge in [0.05, 0.1) is 11.6 Å². The Kier molecular flexibility index (Phi) is 5.50. The summed E-state index contributed by atoms with van der Waals surface area (Å²) >= 11 is 3.56. The van der Waals surface area contributed by atoms with Crippen molar-refractivity contribution < 1.29 is 4.74 Å². The molecule has 1 aliphatic rings. The molecule has 0 unspecified atom stereocenters. The van der Waals surface area contributed by atoms with Gasteiger partial charge in [-0.1, -0.05) is 19.9 Å². The largest absolute Gasteiger partial charge is 0.496 e. The van der Waals surface area contributed by atoms with Crippen LogP contribution < -0.4 is 10.1 Å². The van der Waals surface area contributed by atoms with E-state index in [2.05, 4.69) is 47.2 Å². The van der Waals surface area contributed by atoms with Gasteiger partial charge in [-0.05, 0) is 77.7 Å². The summed E-state index contributed by atoms with van der Waals surface area (Å²) in [5.41, 5.74) is 1.77. The highest BCUT2D eigenvalue weighted by Crippen LogP contribution is 2.30. The van der Waals surface area contributed by atoms with Gasteiger partial charge in [-0.2, -0.15) is 0 Å². The normalized spacial score (nSPS) is 15.4. The van der Waals surface area contributed by atoms with Crippen LogP contribution in [0.3, 0.4) is 0 Å². The zero-order valence-electron chi connectivity index (χ0n) is 12.8. The van der Waals surface area contributed by atoms with Gasteiger partial charge in [0.15, 0.2) is 0 Å². The molecular formula is C17H26BrNO. The smallest absolute Gasteiger partial charge is 0.133 e. The molecule has 1 N–H and O–H groups in total. The molecule has 0 aliphatic heterocycles. The summed E-state index contributed by atoms with van der Waals surface area (Å²) in [6.07, 6.45) is 6.35. The lowest BCUT2D eigenvalue weighted by molar-refractivity contribution is 0.302. The number of hydrogen-bond donors (Lipinski definition) is 1. The number of nitrogens with one attached hydrogen (secondary N) is 1. The molecule has 1 saturated carbocycles. The first-order valence-corrected chi connectivity index (χ1v) is 8.35. The van der Waals surface area contributed by atoms with E-state index in [4.69, 9.17) is 4.74 Å². The van der Waals surface area contributed by atoms with Gasteiger partial charge < -0.3 is 10.1 Å². The second-order valence-electron chi connectivity index (χ2n) is 6.61. The monoisotopic (exact) mass is 339 g/mol. The molecule has 3 heteroatoms. The van der Waals surface area contributed by atoms with Crippen molar-refractivity contribution in [1.82, 2.24) is 5.32 Å². The molecule has 20 heavy (non-hydrogen) atoms. The highest BCUT2D eigenvalue weighted by atomic mass is 79.9. The number of rotatable bonds is 8. The minimum atomic E-state index is 0.397. The Morgan fingerprint density at radius 3 is 2.65 bits per heavy atom. The minimum Gasteiger partial charge on any atom is -0.496 e. The Morgan fingerprint density at radius 2 is 2.05 bits per heavy atom. The van der Waals surface area contributed by atoms with Crippen LogP contribution in [0.15, 0.2) is 22.7 Å². The SMILES string of the molecule is COc1ccc(CCC(C)(C)CCNC2CC2)cc1Br. The van der Waals surface area contributed by atoms with Crippen molar-refractivity contribution >= 4 is 15.9 Å². The molecule has 2 rings (SSSR count). The van der Waals surface area contributed by atoms with E-state index in [1.807, 2.05) is 6.07 Å². The summed E-state index contributed by atoms with van der Waals surface area (Å²) in [7, 11) is 1.70. The molecule has 1 aliphatic carbocycles. The lowest BCUT2D eigenvalue weighted by atomic mass is 9.83. The van der Waals surface area contributed by atoms with E-state index in [0.29, 0.717) is 5.41 Å². The van der Waals surface area contributed by atoms with Gasteiger partial charge in [-0.3, -0.25) is 0 Å². The zero-order valence-corrected chi connectivity index (χ0v) is 14.4. The van der Waals surface area contributed by atoms with E-state index >= 15 is 0 Å². The molecule has 0 saturated heterocycles. The zero-order chi connectivity index (χ0) is 14.6. The standard InChI is InChI=1S/C17H26BrNO/c1-17(2,10-11-19-14-5-6-14)9-8-13-4-7-16(20-3)15(18)12-13/h4,7,12,14,19H,5-6,8-11H2,1-3H3. The van der Waals surface area contributed by atoms with Crippen molar-refractivity contribution in [3.05, 3.63) is 28.2 Å². The van der Waals surface area contributed by atoms with E-state index < -0.39 is 0 Å². The third-order valence-electron chi connectivity index (χ3n) is 4.12. The van der Waals surface area contributed by atoms with Crippen molar-refractivity contribution in [2.75, 3.05) is 13.7 Å². The van der Waals surface area contributed by atoms with Crippen LogP contribution in [0.1, 0.15) is 45.1 Å². The van der Waals surface area contributed by atoms with Crippen LogP contribution in [0.5, 0.6) is 5.75 Å². The van der Waals surface area contributed by atoms with Gasteiger partial charge in [0.2, 0.25) is 0 Å². The lowest BCUT2D eigenvalue weighted by Crippen LogP contribution is -2.24. The minimum absolute atomic E-state index is 0.397. The Bertz CT molecular complexity index is 441. The van der Waals surface area contributed by atoms with E-state index in [-0.39, 0.29) is 0 Å². The fourth-order valence-electron chi connectivity index (χ4n) is 2.38. The van der Waals surface area contributed by atoms with Crippen molar-refractivity contribution in [1.29, 1.82) is 0 Å². The molecular weight excluding hydrogens is 314 g/mol. The fraction of sp³-hybridized carbons (Fsp3) is 0.647. The van der Waals surface area contributed by atoms with Crippen molar-refractivity contribution in [2.24, 2.45) is 5.41 Å². The van der Waals surface area contributed by atoms with Crippen LogP contribution in [0.4, 0.5) is 0 Å². The Hall–Kier alpha value is -0.540. The van der Waals surface area contributed by atoms with Crippen LogP contribution in [0.2, 0.25) is 0 Å². The second kappa shape index (κ2) is 6.95. The van der Waals surface area contributed by atoms with Crippen LogP contribution in [0, 0.1) is 5.41 Å². The molecule has 0 amide bonds. The third-order valence-corrected chi connectivity index (χ3v) is 4.74. The number of aryl methyl sites for hydroxylation is 1. The van der Waals surface area contributed by atoms with Gasteiger partial charge in [0.25, 0.3) is 0 Å². The summed E-state index contributed by atoms with van der Waals surface area (Å²) in [6, 6.07) is 7.21. The maximum atomic E-state index is 5.27. The van der Waals surface area contributed by atoms with E-state index in [1.165, 1.54) is 31.2 Å². The van der Waals surface area contributed by atoms with E-state index in [9.17, 15) is 0 Å². The summed E-state index contributed by atoms with van der Waals surface area (Å²) < 4.78 is 6.32. The average Bonchev–Trinajstić information content (AvgIpc) is 3.21. The van der Waals surface area contributed by atoms with Crippen LogP contribution in [0.25, 0.3) is 0 Å². The van der Waals surface area contributed by atoms with Crippen molar-refractivity contribution in [3.63, 3.8) is 0 Å². The number of halogens is 1. The van der Waals surface area contributed by atoms with E-state index in [1.54, 1.807) is 7.11 Å². The molecule has 0 atom stereocenters. The Morgan fingerprint density at radius 1 is 1.30 bits per heavy atom. The maximum Gasteiger partial charge on any atom is 0.133 e. The number of ether oxygens (including phenoxy) is 1. The van der Waals surface area contributed by atoms with Crippen LogP contribution in [-0.4, -0.2) is 19.7 Å². The second-order valence-corrected chi connectivity index (χ2v) is 7.47. The predicted molar refractivity (Wildman–Crippen MR) is 88.4 cm³/mol.